The molecular formula is C20H20N4OS. The molecule has 0 aliphatic carbocycles. The quantitative estimate of drug-likeness (QED) is 0.480. The van der Waals surface area contributed by atoms with Gasteiger partial charge in [-0.25, -0.2) is 0 Å². The van der Waals surface area contributed by atoms with Crippen LogP contribution in [0, 0.1) is 11.3 Å². The molecule has 1 atom stereocenters. The highest BCUT2D eigenvalue weighted by Crippen LogP contribution is 2.29. The number of hydrogen-bond acceptors (Lipinski definition) is 4. The molecule has 0 amide bonds. The summed E-state index contributed by atoms with van der Waals surface area (Å²) >= 11 is 1.60. The fourth-order valence-corrected chi connectivity index (χ4v) is 3.67. The fourth-order valence-electron chi connectivity index (χ4n) is 2.62. The number of thiophene rings is 1. The summed E-state index contributed by atoms with van der Waals surface area (Å²) in [6.45, 7) is 0.916. The van der Waals surface area contributed by atoms with E-state index in [0.717, 1.165) is 15.8 Å². The zero-order valence-corrected chi connectivity index (χ0v) is 15.3. The summed E-state index contributed by atoms with van der Waals surface area (Å²) in [7, 11) is 1.69. The second kappa shape index (κ2) is 8.48. The standard InChI is InChI=1S/C20H20N4OS/c1-22-20(23-12-15-6-4-5-14(9-15)11-21)24-13-17(25)19-10-16-7-2-3-8-18(16)26-19/h2-10,17,25H,12-13H2,1H3,(H2,22,23,24). The molecule has 1 unspecified atom stereocenters. The Morgan fingerprint density at radius 2 is 2.04 bits per heavy atom. The van der Waals surface area contributed by atoms with Gasteiger partial charge in [0.2, 0.25) is 0 Å². The van der Waals surface area contributed by atoms with Crippen molar-refractivity contribution >= 4 is 27.4 Å². The van der Waals surface area contributed by atoms with Crippen molar-refractivity contribution in [2.75, 3.05) is 13.6 Å². The minimum atomic E-state index is -0.604. The number of aliphatic imine (C=N–C) groups is 1. The van der Waals surface area contributed by atoms with Crippen molar-refractivity contribution in [3.63, 3.8) is 0 Å². The van der Waals surface area contributed by atoms with Crippen molar-refractivity contribution in [1.29, 1.82) is 5.26 Å². The Bertz CT molecular complexity index is 925. The Morgan fingerprint density at radius 3 is 2.81 bits per heavy atom. The summed E-state index contributed by atoms with van der Waals surface area (Å²) in [6, 6.07) is 19.7. The van der Waals surface area contributed by atoms with E-state index in [2.05, 4.69) is 27.8 Å². The van der Waals surface area contributed by atoms with E-state index in [1.54, 1.807) is 24.5 Å². The van der Waals surface area contributed by atoms with Gasteiger partial charge in [0, 0.05) is 29.7 Å². The minimum Gasteiger partial charge on any atom is -0.386 e. The normalized spacial score (nSPS) is 12.6. The first-order valence-electron chi connectivity index (χ1n) is 8.29. The largest absolute Gasteiger partial charge is 0.386 e. The van der Waals surface area contributed by atoms with Crippen LogP contribution in [-0.2, 0) is 6.54 Å². The SMILES string of the molecule is CN=C(NCc1cccc(C#N)c1)NCC(O)c1cc2ccccc2s1. The highest BCUT2D eigenvalue weighted by molar-refractivity contribution is 7.19. The molecule has 5 nitrogen and oxygen atoms in total. The van der Waals surface area contributed by atoms with E-state index in [4.69, 9.17) is 5.26 Å². The third kappa shape index (κ3) is 4.39. The second-order valence-corrected chi connectivity index (χ2v) is 6.94. The topological polar surface area (TPSA) is 80.4 Å². The first kappa shape index (κ1) is 17.9. The summed E-state index contributed by atoms with van der Waals surface area (Å²) in [6.07, 6.45) is -0.604. The molecule has 0 fully saturated rings. The third-order valence-electron chi connectivity index (χ3n) is 3.98. The molecule has 0 bridgehead atoms. The van der Waals surface area contributed by atoms with Crippen LogP contribution >= 0.6 is 11.3 Å². The van der Waals surface area contributed by atoms with Crippen LogP contribution in [0.5, 0.6) is 0 Å². The zero-order chi connectivity index (χ0) is 18.4. The zero-order valence-electron chi connectivity index (χ0n) is 14.4. The van der Waals surface area contributed by atoms with Crippen molar-refractivity contribution in [2.45, 2.75) is 12.6 Å². The van der Waals surface area contributed by atoms with Gasteiger partial charge in [0.05, 0.1) is 11.6 Å². The smallest absolute Gasteiger partial charge is 0.191 e. The van der Waals surface area contributed by atoms with Gasteiger partial charge in [-0.15, -0.1) is 11.3 Å². The molecule has 132 valence electrons. The van der Waals surface area contributed by atoms with E-state index in [9.17, 15) is 5.11 Å². The lowest BCUT2D eigenvalue weighted by atomic mass is 10.1. The molecular weight excluding hydrogens is 344 g/mol. The average Bonchev–Trinajstić information content (AvgIpc) is 3.12. The Labute approximate surface area is 156 Å². The number of aliphatic hydroxyl groups is 1. The predicted molar refractivity (Wildman–Crippen MR) is 106 cm³/mol. The molecule has 1 aromatic heterocycles. The highest BCUT2D eigenvalue weighted by Gasteiger charge is 2.12. The lowest BCUT2D eigenvalue weighted by Gasteiger charge is -2.14. The number of hydrogen-bond donors (Lipinski definition) is 3. The van der Waals surface area contributed by atoms with Crippen LogP contribution in [0.1, 0.15) is 22.1 Å². The first-order chi connectivity index (χ1) is 12.7. The monoisotopic (exact) mass is 364 g/mol. The predicted octanol–water partition coefficient (Wildman–Crippen LogP) is 3.17. The Balaban J connectivity index is 1.55. The summed E-state index contributed by atoms with van der Waals surface area (Å²) in [5, 5.41) is 26.9. The summed E-state index contributed by atoms with van der Waals surface area (Å²) in [4.78, 5) is 5.10. The number of guanidine groups is 1. The number of nitrogens with zero attached hydrogens (tertiary/aromatic N) is 2. The van der Waals surface area contributed by atoms with Crippen LogP contribution in [0.3, 0.4) is 0 Å². The van der Waals surface area contributed by atoms with Gasteiger partial charge >= 0.3 is 0 Å². The number of aliphatic hydroxyl groups excluding tert-OH is 1. The highest BCUT2D eigenvalue weighted by atomic mass is 32.1. The fraction of sp³-hybridized carbons (Fsp3) is 0.200. The van der Waals surface area contributed by atoms with Crippen molar-refractivity contribution in [2.24, 2.45) is 4.99 Å². The maximum atomic E-state index is 10.4. The van der Waals surface area contributed by atoms with Crippen LogP contribution in [0.25, 0.3) is 10.1 Å². The Morgan fingerprint density at radius 1 is 1.19 bits per heavy atom. The number of benzene rings is 2. The molecule has 0 spiro atoms. The molecule has 0 aliphatic heterocycles. The van der Waals surface area contributed by atoms with Crippen LogP contribution in [0.2, 0.25) is 0 Å². The lowest BCUT2D eigenvalue weighted by Crippen LogP contribution is -2.38. The Hall–Kier alpha value is -2.88. The van der Waals surface area contributed by atoms with E-state index in [0.29, 0.717) is 24.6 Å². The van der Waals surface area contributed by atoms with Gasteiger partial charge in [-0.2, -0.15) is 5.26 Å². The molecule has 0 saturated heterocycles. The molecule has 6 heteroatoms. The van der Waals surface area contributed by atoms with Crippen molar-refractivity contribution in [1.82, 2.24) is 10.6 Å². The molecule has 0 radical (unpaired) electrons. The van der Waals surface area contributed by atoms with Gasteiger partial charge in [0.15, 0.2) is 5.96 Å². The molecule has 0 aliphatic rings. The average molecular weight is 364 g/mol. The van der Waals surface area contributed by atoms with E-state index >= 15 is 0 Å². The number of rotatable bonds is 5. The number of nitriles is 1. The van der Waals surface area contributed by atoms with Gasteiger partial charge in [-0.05, 0) is 35.2 Å². The maximum absolute atomic E-state index is 10.4. The van der Waals surface area contributed by atoms with Crippen molar-refractivity contribution in [3.05, 3.63) is 70.6 Å². The first-order valence-corrected chi connectivity index (χ1v) is 9.11. The molecule has 1 heterocycles. The minimum absolute atomic E-state index is 0.366. The Kier molecular flexibility index (Phi) is 5.84. The van der Waals surface area contributed by atoms with Gasteiger partial charge < -0.3 is 15.7 Å². The van der Waals surface area contributed by atoms with Crippen LogP contribution in [-0.4, -0.2) is 24.7 Å². The number of nitrogens with one attached hydrogen (secondary N) is 2. The van der Waals surface area contributed by atoms with Crippen LogP contribution < -0.4 is 10.6 Å². The van der Waals surface area contributed by atoms with Crippen molar-refractivity contribution in [3.8, 4) is 6.07 Å². The molecule has 0 saturated carbocycles. The molecule has 3 rings (SSSR count). The van der Waals surface area contributed by atoms with E-state index in [1.165, 1.54) is 4.70 Å². The van der Waals surface area contributed by atoms with Gasteiger partial charge in [-0.3, -0.25) is 4.99 Å². The van der Waals surface area contributed by atoms with E-state index in [1.807, 2.05) is 42.5 Å². The summed E-state index contributed by atoms with van der Waals surface area (Å²) < 4.78 is 1.17. The van der Waals surface area contributed by atoms with Gasteiger partial charge in [-0.1, -0.05) is 30.3 Å². The van der Waals surface area contributed by atoms with Crippen molar-refractivity contribution < 1.29 is 5.11 Å². The summed E-state index contributed by atoms with van der Waals surface area (Å²) in [5.41, 5.74) is 1.63. The van der Waals surface area contributed by atoms with Crippen LogP contribution in [0.4, 0.5) is 0 Å². The van der Waals surface area contributed by atoms with Gasteiger partial charge in [0.1, 0.15) is 6.10 Å². The van der Waals surface area contributed by atoms with E-state index < -0.39 is 6.10 Å². The molecule has 3 aromatic rings. The molecule has 2 aromatic carbocycles. The van der Waals surface area contributed by atoms with E-state index in [-0.39, 0.29) is 0 Å². The maximum Gasteiger partial charge on any atom is 0.191 e. The lowest BCUT2D eigenvalue weighted by molar-refractivity contribution is 0.184. The second-order valence-electron chi connectivity index (χ2n) is 5.82. The summed E-state index contributed by atoms with van der Waals surface area (Å²) in [5.74, 6) is 0.604. The third-order valence-corrected chi connectivity index (χ3v) is 5.19. The molecule has 3 N–H and O–H groups in total. The van der Waals surface area contributed by atoms with Gasteiger partial charge in [0.25, 0.3) is 0 Å². The van der Waals surface area contributed by atoms with Crippen LogP contribution in [0.15, 0.2) is 59.6 Å². The number of fused-ring (bicyclic) bond motifs is 1. The molecule has 26 heavy (non-hydrogen) atoms.